The maximum absolute atomic E-state index is 4.75. The molecule has 0 atom stereocenters. The minimum Gasteiger partial charge on any atom is -0.250 e. The fraction of sp³-hybridized carbons (Fsp3) is 0.176. The number of thiazole rings is 1. The van der Waals surface area contributed by atoms with Gasteiger partial charge in [0.2, 0.25) is 0 Å². The molecule has 0 aliphatic rings. The highest BCUT2D eigenvalue weighted by molar-refractivity contribution is 7.99. The van der Waals surface area contributed by atoms with E-state index in [1.165, 1.54) is 0 Å². The molecule has 3 rings (SSSR count). The van der Waals surface area contributed by atoms with Gasteiger partial charge in [0.05, 0.1) is 10.7 Å². The summed E-state index contributed by atoms with van der Waals surface area (Å²) >= 11 is 3.45. The molecule has 0 aliphatic carbocycles. The number of rotatable bonds is 4. The van der Waals surface area contributed by atoms with Gasteiger partial charge in [0, 0.05) is 28.0 Å². The van der Waals surface area contributed by atoms with Crippen molar-refractivity contribution in [3.8, 4) is 21.8 Å². The van der Waals surface area contributed by atoms with Crippen molar-refractivity contribution in [3.63, 3.8) is 0 Å². The zero-order valence-electron chi connectivity index (χ0n) is 12.0. The van der Waals surface area contributed by atoms with Crippen LogP contribution >= 0.6 is 23.1 Å². The molecular weight excluding hydrogens is 296 g/mol. The number of benzene rings is 1. The Labute approximate surface area is 133 Å². The Bertz CT molecular complexity index is 720. The highest BCUT2D eigenvalue weighted by Gasteiger charge is 2.08. The summed E-state index contributed by atoms with van der Waals surface area (Å²) in [6.07, 6.45) is 1.86. The third-order valence-corrected chi connectivity index (χ3v) is 4.74. The van der Waals surface area contributed by atoms with Crippen molar-refractivity contribution in [3.05, 3.63) is 54.0 Å². The largest absolute Gasteiger partial charge is 0.250 e. The maximum Gasteiger partial charge on any atom is 0.124 e. The summed E-state index contributed by atoms with van der Waals surface area (Å²) in [4.78, 5) is 9.16. The van der Waals surface area contributed by atoms with Gasteiger partial charge in [0.1, 0.15) is 5.01 Å². The molecule has 0 radical (unpaired) electrons. The minimum absolute atomic E-state index is 0.531. The van der Waals surface area contributed by atoms with Crippen LogP contribution in [0.4, 0.5) is 0 Å². The van der Waals surface area contributed by atoms with Gasteiger partial charge < -0.3 is 0 Å². The lowest BCUT2D eigenvalue weighted by Crippen LogP contribution is -1.89. The SMILES string of the molecule is CC(C)Sc1cc(-c2nc(-c3ccccc3)cs2)ccn1. The van der Waals surface area contributed by atoms with Crippen LogP contribution in [0, 0.1) is 0 Å². The zero-order chi connectivity index (χ0) is 14.7. The highest BCUT2D eigenvalue weighted by atomic mass is 32.2. The van der Waals surface area contributed by atoms with Gasteiger partial charge in [0.25, 0.3) is 0 Å². The number of hydrogen-bond acceptors (Lipinski definition) is 4. The normalized spacial score (nSPS) is 11.0. The fourth-order valence-electron chi connectivity index (χ4n) is 2.00. The predicted molar refractivity (Wildman–Crippen MR) is 91.8 cm³/mol. The fourth-order valence-corrected chi connectivity index (χ4v) is 3.62. The van der Waals surface area contributed by atoms with Crippen molar-refractivity contribution >= 4 is 23.1 Å². The molecule has 106 valence electrons. The number of nitrogens with zero attached hydrogens (tertiary/aromatic N) is 2. The van der Waals surface area contributed by atoms with Gasteiger partial charge in [-0.05, 0) is 12.1 Å². The smallest absolute Gasteiger partial charge is 0.124 e. The molecule has 4 heteroatoms. The molecule has 2 heterocycles. The van der Waals surface area contributed by atoms with Crippen LogP contribution in [0.3, 0.4) is 0 Å². The number of aromatic nitrogens is 2. The van der Waals surface area contributed by atoms with E-state index in [2.05, 4.69) is 42.4 Å². The number of hydrogen-bond donors (Lipinski definition) is 0. The average molecular weight is 312 g/mol. The van der Waals surface area contributed by atoms with E-state index in [0.717, 1.165) is 26.9 Å². The van der Waals surface area contributed by atoms with E-state index in [1.807, 2.05) is 30.5 Å². The van der Waals surface area contributed by atoms with Crippen LogP contribution in [0.5, 0.6) is 0 Å². The van der Waals surface area contributed by atoms with Crippen LogP contribution in [-0.2, 0) is 0 Å². The summed E-state index contributed by atoms with van der Waals surface area (Å²) in [5, 5.41) is 4.74. The second kappa shape index (κ2) is 6.41. The zero-order valence-corrected chi connectivity index (χ0v) is 13.6. The van der Waals surface area contributed by atoms with E-state index >= 15 is 0 Å². The Hall–Kier alpha value is -1.65. The van der Waals surface area contributed by atoms with Crippen molar-refractivity contribution in [1.82, 2.24) is 9.97 Å². The number of pyridine rings is 1. The molecule has 0 saturated carbocycles. The second-order valence-electron chi connectivity index (χ2n) is 4.95. The van der Waals surface area contributed by atoms with E-state index in [9.17, 15) is 0 Å². The quantitative estimate of drug-likeness (QED) is 0.605. The molecule has 2 aromatic heterocycles. The first-order chi connectivity index (χ1) is 10.2. The molecule has 0 unspecified atom stereocenters. The van der Waals surface area contributed by atoms with Gasteiger partial charge in [0.15, 0.2) is 0 Å². The molecule has 21 heavy (non-hydrogen) atoms. The third-order valence-electron chi connectivity index (χ3n) is 2.91. The van der Waals surface area contributed by atoms with Crippen LogP contribution in [0.15, 0.2) is 59.1 Å². The van der Waals surface area contributed by atoms with E-state index in [0.29, 0.717) is 5.25 Å². The molecule has 0 N–H and O–H groups in total. The lowest BCUT2D eigenvalue weighted by atomic mass is 10.2. The van der Waals surface area contributed by atoms with Crippen molar-refractivity contribution in [2.24, 2.45) is 0 Å². The Morgan fingerprint density at radius 3 is 2.62 bits per heavy atom. The summed E-state index contributed by atoms with van der Waals surface area (Å²) in [7, 11) is 0. The molecule has 0 saturated heterocycles. The van der Waals surface area contributed by atoms with Crippen LogP contribution in [0.25, 0.3) is 21.8 Å². The van der Waals surface area contributed by atoms with Crippen LogP contribution < -0.4 is 0 Å². The molecule has 0 bridgehead atoms. The first-order valence-corrected chi connectivity index (χ1v) is 8.62. The topological polar surface area (TPSA) is 25.8 Å². The second-order valence-corrected chi connectivity index (χ2v) is 7.41. The third kappa shape index (κ3) is 3.52. The first kappa shape index (κ1) is 14.3. The molecular formula is C17H16N2S2. The van der Waals surface area contributed by atoms with Gasteiger partial charge in [-0.1, -0.05) is 44.2 Å². The van der Waals surface area contributed by atoms with Crippen LogP contribution in [0.2, 0.25) is 0 Å². The van der Waals surface area contributed by atoms with Gasteiger partial charge in [-0.25, -0.2) is 9.97 Å². The number of thioether (sulfide) groups is 1. The first-order valence-electron chi connectivity index (χ1n) is 6.86. The summed E-state index contributed by atoms with van der Waals surface area (Å²) in [6, 6.07) is 14.4. The van der Waals surface area contributed by atoms with E-state index < -0.39 is 0 Å². The Balaban J connectivity index is 1.90. The summed E-state index contributed by atoms with van der Waals surface area (Å²) in [5.41, 5.74) is 3.33. The highest BCUT2D eigenvalue weighted by Crippen LogP contribution is 2.31. The van der Waals surface area contributed by atoms with E-state index in [-0.39, 0.29) is 0 Å². The Morgan fingerprint density at radius 2 is 1.86 bits per heavy atom. The lowest BCUT2D eigenvalue weighted by molar-refractivity contribution is 1.07. The standard InChI is InChI=1S/C17H16N2S2/c1-12(2)21-16-10-14(8-9-18-16)17-19-15(11-20-17)13-6-4-3-5-7-13/h3-12H,1-2H3. The van der Waals surface area contributed by atoms with Gasteiger partial charge in [-0.3, -0.25) is 0 Å². The lowest BCUT2D eigenvalue weighted by Gasteiger charge is -2.04. The molecule has 0 fully saturated rings. The van der Waals surface area contributed by atoms with Crippen LogP contribution in [0.1, 0.15) is 13.8 Å². The monoisotopic (exact) mass is 312 g/mol. The molecule has 2 nitrogen and oxygen atoms in total. The summed E-state index contributed by atoms with van der Waals surface area (Å²) < 4.78 is 0. The maximum atomic E-state index is 4.75. The van der Waals surface area contributed by atoms with Crippen molar-refractivity contribution < 1.29 is 0 Å². The molecule has 1 aromatic carbocycles. The Kier molecular flexibility index (Phi) is 4.36. The van der Waals surface area contributed by atoms with E-state index in [4.69, 9.17) is 4.98 Å². The van der Waals surface area contributed by atoms with Gasteiger partial charge >= 0.3 is 0 Å². The molecule has 0 spiro atoms. The average Bonchev–Trinajstić information content (AvgIpc) is 2.98. The molecule has 0 amide bonds. The van der Waals surface area contributed by atoms with Crippen LogP contribution in [-0.4, -0.2) is 15.2 Å². The Morgan fingerprint density at radius 1 is 1.05 bits per heavy atom. The van der Waals surface area contributed by atoms with Crippen molar-refractivity contribution in [1.29, 1.82) is 0 Å². The molecule has 3 aromatic rings. The van der Waals surface area contributed by atoms with Crippen molar-refractivity contribution in [2.45, 2.75) is 24.1 Å². The minimum atomic E-state index is 0.531. The van der Waals surface area contributed by atoms with Gasteiger partial charge in [-0.2, -0.15) is 0 Å². The van der Waals surface area contributed by atoms with Gasteiger partial charge in [-0.15, -0.1) is 23.1 Å². The van der Waals surface area contributed by atoms with E-state index in [1.54, 1.807) is 23.1 Å². The summed E-state index contributed by atoms with van der Waals surface area (Å²) in [6.45, 7) is 4.35. The van der Waals surface area contributed by atoms with Crippen molar-refractivity contribution in [2.75, 3.05) is 0 Å². The summed E-state index contributed by atoms with van der Waals surface area (Å²) in [5.74, 6) is 0. The predicted octanol–water partition coefficient (Wildman–Crippen LogP) is 5.37. The molecule has 0 aliphatic heterocycles.